The Morgan fingerprint density at radius 1 is 0.875 bits per heavy atom. The molecule has 24 heavy (non-hydrogen) atoms. The minimum Gasteiger partial charge on any atom is -0.508 e. The Morgan fingerprint density at radius 2 is 1.29 bits per heavy atom. The first-order valence-corrected chi connectivity index (χ1v) is 6.55. The van der Waals surface area contributed by atoms with Crippen molar-refractivity contribution in [3.05, 3.63) is 73.8 Å². The first kappa shape index (κ1) is 21.7. The summed E-state index contributed by atoms with van der Waals surface area (Å²) in [5, 5.41) is 16.8. The molecule has 0 bridgehead atoms. The number of carboxylic acids is 1. The summed E-state index contributed by atoms with van der Waals surface area (Å²) in [5.41, 5.74) is 1.96. The molecule has 0 atom stereocenters. The van der Waals surface area contributed by atoms with Gasteiger partial charge < -0.3 is 14.9 Å². The van der Waals surface area contributed by atoms with E-state index in [4.69, 9.17) is 9.84 Å². The zero-order valence-electron chi connectivity index (χ0n) is 12.8. The number of benzene rings is 2. The molecule has 2 aromatic rings. The molecule has 2 N–H and O–H groups in total. The zero-order valence-corrected chi connectivity index (χ0v) is 17.0. The van der Waals surface area contributed by atoms with Crippen LogP contribution in [0.4, 0.5) is 0 Å². The Labute approximate surface area is 163 Å². The summed E-state index contributed by atoms with van der Waals surface area (Å²) in [6.07, 6.45) is 1.95. The van der Waals surface area contributed by atoms with Gasteiger partial charge >= 0.3 is 11.9 Å². The van der Waals surface area contributed by atoms with Gasteiger partial charge in [-0.2, -0.15) is 0 Å². The fourth-order valence-electron chi connectivity index (χ4n) is 1.53. The molecule has 0 aliphatic heterocycles. The molecule has 0 unspecified atom stereocenters. The molecule has 0 saturated heterocycles. The van der Waals surface area contributed by atoms with E-state index in [1.165, 1.54) is 0 Å². The second-order valence-electron chi connectivity index (χ2n) is 4.24. The third kappa shape index (κ3) is 7.82. The van der Waals surface area contributed by atoms with Crippen LogP contribution in [-0.4, -0.2) is 22.2 Å². The van der Waals surface area contributed by atoms with Crippen molar-refractivity contribution in [2.24, 2.45) is 0 Å². The summed E-state index contributed by atoms with van der Waals surface area (Å²) >= 11 is 0. The van der Waals surface area contributed by atoms with Gasteiger partial charge in [-0.3, -0.25) is 0 Å². The fraction of sp³-hybridized carbons (Fsp3) is 0. The maximum Gasteiger partial charge on any atom is 0.335 e. The van der Waals surface area contributed by atoms with Crippen molar-refractivity contribution in [2.45, 2.75) is 0 Å². The van der Waals surface area contributed by atoms with E-state index in [0.29, 0.717) is 5.75 Å². The van der Waals surface area contributed by atoms with E-state index in [9.17, 15) is 14.7 Å². The molecule has 0 aliphatic carbocycles. The molecule has 0 amide bonds. The van der Waals surface area contributed by atoms with Gasteiger partial charge in [0.1, 0.15) is 11.5 Å². The van der Waals surface area contributed by atoms with Crippen LogP contribution in [0, 0.1) is 31.1 Å². The van der Waals surface area contributed by atoms with Crippen molar-refractivity contribution < 1.29 is 55.7 Å². The monoisotopic (exact) mass is 550 g/mol. The van der Waals surface area contributed by atoms with Crippen LogP contribution >= 0.6 is 0 Å². The van der Waals surface area contributed by atoms with Crippen molar-refractivity contribution in [1.82, 2.24) is 0 Å². The van der Waals surface area contributed by atoms with Gasteiger partial charge in [-0.1, -0.05) is 37.4 Å². The van der Waals surface area contributed by atoms with Crippen LogP contribution in [0.5, 0.6) is 11.5 Å². The van der Waals surface area contributed by atoms with E-state index in [0.717, 1.165) is 23.3 Å². The molecule has 122 valence electrons. The normalized spacial score (nSPS) is 8.67. The third-order valence-corrected chi connectivity index (χ3v) is 2.61. The molecule has 0 spiro atoms. The molecule has 0 aromatic heterocycles. The minimum absolute atomic E-state index is 0. The molecule has 0 aliphatic rings. The smallest absolute Gasteiger partial charge is 0.335 e. The molecule has 2 rings (SSSR count). The molecule has 0 heterocycles. The topological polar surface area (TPSA) is 83.8 Å². The number of ether oxygens (including phenoxy) is 1. The summed E-state index contributed by atoms with van der Waals surface area (Å²) in [6, 6.07) is 14.0. The second kappa shape index (κ2) is 11.3. The number of carbonyl (C=O) groups excluding carboxylic acids is 1. The first-order valence-electron chi connectivity index (χ1n) is 6.55. The van der Waals surface area contributed by atoms with Crippen LogP contribution in [-0.2, 0) is 9.59 Å². The van der Waals surface area contributed by atoms with E-state index in [1.807, 2.05) is 24.3 Å². The van der Waals surface area contributed by atoms with E-state index < -0.39 is 11.9 Å². The average molecular weight is 550 g/mol. The number of esters is 1. The summed E-state index contributed by atoms with van der Waals surface area (Å²) in [5.74, 6) is -0.755. The number of aromatic hydroxyl groups is 1. The molecule has 2 aromatic carbocycles. The van der Waals surface area contributed by atoms with Crippen molar-refractivity contribution >= 4 is 11.9 Å². The Balaban J connectivity index is 0.000000777. The summed E-state index contributed by atoms with van der Waals surface area (Å²) in [7, 11) is 0. The average Bonchev–Trinajstić information content (AvgIpc) is 2.56. The number of aliphatic carboxylic acids is 1. The fourth-order valence-corrected chi connectivity index (χ4v) is 1.53. The van der Waals surface area contributed by atoms with Gasteiger partial charge in [-0.05, 0) is 35.4 Å². The molecule has 5 nitrogen and oxygen atoms in total. The third-order valence-electron chi connectivity index (χ3n) is 2.61. The summed E-state index contributed by atoms with van der Waals surface area (Å²) < 4.78 is 4.98. The predicted octanol–water partition coefficient (Wildman–Crippen LogP) is 3.41. The van der Waals surface area contributed by atoms with Crippen LogP contribution in [0.15, 0.2) is 73.8 Å². The number of hydrogen-bond acceptors (Lipinski definition) is 4. The van der Waals surface area contributed by atoms with Crippen LogP contribution in [0.1, 0.15) is 0 Å². The molecule has 0 radical (unpaired) electrons. The molecule has 0 fully saturated rings. The summed E-state index contributed by atoms with van der Waals surface area (Å²) in [6.45, 7) is 6.29. The zero-order chi connectivity index (χ0) is 17.2. The van der Waals surface area contributed by atoms with Gasteiger partial charge in [0, 0.05) is 43.3 Å². The first-order chi connectivity index (χ1) is 11.0. The standard InChI is InChI=1S/C15H12O3.C3H4O2.U/c1-2-15(17)18-14-9-5-12(6-10-14)11-3-7-13(16)8-4-11;1-2-3(4)5;/h2-10,16H,1H2;2H,1H2,(H,4,5);. The molecular weight excluding hydrogens is 534 g/mol. The van der Waals surface area contributed by atoms with Crippen molar-refractivity contribution in [1.29, 1.82) is 0 Å². The van der Waals surface area contributed by atoms with Gasteiger partial charge in [0.25, 0.3) is 0 Å². The molecule has 6 heteroatoms. The van der Waals surface area contributed by atoms with Gasteiger partial charge in [-0.25, -0.2) is 9.59 Å². The number of hydrogen-bond donors (Lipinski definition) is 2. The van der Waals surface area contributed by atoms with Gasteiger partial charge in [0.15, 0.2) is 0 Å². The Kier molecular flexibility index (Phi) is 10.2. The maximum absolute atomic E-state index is 11.0. The number of phenolic OH excluding ortho intramolecular Hbond substituents is 1. The van der Waals surface area contributed by atoms with E-state index >= 15 is 0 Å². The van der Waals surface area contributed by atoms with Crippen molar-refractivity contribution in [3.8, 4) is 22.6 Å². The SMILES string of the molecule is C=CC(=O)O.C=CC(=O)Oc1ccc(-c2ccc(O)cc2)cc1.[U]. The molecular formula is C18H16O5U. The Hall–Kier alpha value is -2.29. The number of rotatable bonds is 4. The minimum atomic E-state index is -0.981. The number of carboxylic acid groups (broad SMARTS) is 1. The van der Waals surface area contributed by atoms with Gasteiger partial charge in [-0.15, -0.1) is 0 Å². The summed E-state index contributed by atoms with van der Waals surface area (Å²) in [4.78, 5) is 20.3. The Bertz CT molecular complexity index is 690. The molecule has 0 saturated carbocycles. The Morgan fingerprint density at radius 3 is 1.67 bits per heavy atom. The van der Waals surface area contributed by atoms with Crippen LogP contribution in [0.3, 0.4) is 0 Å². The van der Waals surface area contributed by atoms with E-state index in [1.54, 1.807) is 24.3 Å². The maximum atomic E-state index is 11.0. The van der Waals surface area contributed by atoms with Gasteiger partial charge in [0.2, 0.25) is 0 Å². The van der Waals surface area contributed by atoms with Crippen molar-refractivity contribution in [3.63, 3.8) is 0 Å². The quantitative estimate of drug-likeness (QED) is 0.347. The largest absolute Gasteiger partial charge is 0.508 e. The number of carbonyl (C=O) groups is 2. The van der Waals surface area contributed by atoms with Crippen LogP contribution in [0.25, 0.3) is 11.1 Å². The predicted molar refractivity (Wildman–Crippen MR) is 87.2 cm³/mol. The number of phenols is 1. The van der Waals surface area contributed by atoms with Gasteiger partial charge in [0.05, 0.1) is 0 Å². The van der Waals surface area contributed by atoms with E-state index in [2.05, 4.69) is 13.2 Å². The van der Waals surface area contributed by atoms with E-state index in [-0.39, 0.29) is 36.9 Å². The second-order valence-corrected chi connectivity index (χ2v) is 4.24. The van der Waals surface area contributed by atoms with Crippen molar-refractivity contribution in [2.75, 3.05) is 0 Å². The van der Waals surface area contributed by atoms with Crippen LogP contribution in [0.2, 0.25) is 0 Å². The van der Waals surface area contributed by atoms with Crippen LogP contribution < -0.4 is 4.74 Å².